The topological polar surface area (TPSA) is 64.8 Å². The van der Waals surface area contributed by atoms with Gasteiger partial charge in [-0.3, -0.25) is 4.79 Å². The van der Waals surface area contributed by atoms with Gasteiger partial charge in [0.05, 0.1) is 12.6 Å². The molecule has 0 aliphatic rings. The summed E-state index contributed by atoms with van der Waals surface area (Å²) >= 11 is 0. The Morgan fingerprint density at radius 3 is 2.28 bits per heavy atom. The van der Waals surface area contributed by atoms with Crippen LogP contribution in [-0.4, -0.2) is 57.4 Å². The Hall–Kier alpha value is -0.650. The van der Waals surface area contributed by atoms with Gasteiger partial charge in [-0.25, -0.2) is 0 Å². The number of ether oxygens (including phenoxy) is 2. The van der Waals surface area contributed by atoms with Gasteiger partial charge >= 0.3 is 0 Å². The highest BCUT2D eigenvalue weighted by Gasteiger charge is 2.21. The Morgan fingerprint density at radius 1 is 1.17 bits per heavy atom. The Balaban J connectivity index is 4.28. The smallest absolute Gasteiger partial charge is 0.239 e. The SMILES string of the molecule is COCCCN(CCOC)C(=O)[C@@H](N)CC(C)C. The molecule has 0 aromatic heterocycles. The molecule has 1 amide bonds. The number of nitrogens with zero attached hydrogens (tertiary/aromatic N) is 1. The minimum absolute atomic E-state index is 0.0110. The Kier molecular flexibility index (Phi) is 9.92. The number of carbonyl (C=O) groups is 1. The van der Waals surface area contributed by atoms with Crippen LogP contribution in [0.5, 0.6) is 0 Å². The van der Waals surface area contributed by atoms with Crippen LogP contribution < -0.4 is 5.73 Å². The number of rotatable bonds is 10. The number of amides is 1. The first kappa shape index (κ1) is 17.4. The Bertz CT molecular complexity index is 222. The highest BCUT2D eigenvalue weighted by molar-refractivity contribution is 5.81. The normalized spacial score (nSPS) is 12.8. The van der Waals surface area contributed by atoms with Crippen molar-refractivity contribution in [2.45, 2.75) is 32.7 Å². The van der Waals surface area contributed by atoms with Crippen molar-refractivity contribution in [1.29, 1.82) is 0 Å². The maximum atomic E-state index is 12.2. The number of hydrogen-bond acceptors (Lipinski definition) is 4. The standard InChI is InChI=1S/C13H28N2O3/c1-11(2)10-12(14)13(16)15(7-9-18-4)6-5-8-17-3/h11-12H,5-10,14H2,1-4H3/t12-/m0/s1. The second-order valence-corrected chi connectivity index (χ2v) is 4.90. The van der Waals surface area contributed by atoms with E-state index in [1.54, 1.807) is 19.1 Å². The predicted octanol–water partition coefficient (Wildman–Crippen LogP) is 0.871. The van der Waals surface area contributed by atoms with Gasteiger partial charge in [0.15, 0.2) is 0 Å². The molecule has 0 bridgehead atoms. The second-order valence-electron chi connectivity index (χ2n) is 4.90. The van der Waals surface area contributed by atoms with Gasteiger partial charge in [0.2, 0.25) is 5.91 Å². The van der Waals surface area contributed by atoms with Gasteiger partial charge in [-0.05, 0) is 18.8 Å². The van der Waals surface area contributed by atoms with E-state index in [-0.39, 0.29) is 5.91 Å². The van der Waals surface area contributed by atoms with E-state index in [0.29, 0.717) is 38.6 Å². The third-order valence-electron chi connectivity index (χ3n) is 2.70. The van der Waals surface area contributed by atoms with E-state index >= 15 is 0 Å². The number of hydrogen-bond donors (Lipinski definition) is 1. The van der Waals surface area contributed by atoms with E-state index in [1.165, 1.54) is 0 Å². The molecule has 0 aliphatic heterocycles. The molecule has 0 unspecified atom stereocenters. The first-order chi connectivity index (χ1) is 8.52. The number of methoxy groups -OCH3 is 2. The van der Waals surface area contributed by atoms with Crippen molar-refractivity contribution in [2.24, 2.45) is 11.7 Å². The van der Waals surface area contributed by atoms with E-state index in [0.717, 1.165) is 6.42 Å². The Morgan fingerprint density at radius 2 is 1.78 bits per heavy atom. The molecule has 0 spiro atoms. The van der Waals surface area contributed by atoms with E-state index in [4.69, 9.17) is 15.2 Å². The third kappa shape index (κ3) is 7.63. The molecule has 0 rings (SSSR count). The summed E-state index contributed by atoms with van der Waals surface area (Å²) in [6.07, 6.45) is 1.53. The summed E-state index contributed by atoms with van der Waals surface area (Å²) < 4.78 is 10.0. The van der Waals surface area contributed by atoms with Crippen LogP contribution in [0.15, 0.2) is 0 Å². The zero-order valence-electron chi connectivity index (χ0n) is 12.1. The summed E-state index contributed by atoms with van der Waals surface area (Å²) in [5.74, 6) is 0.434. The molecule has 0 fully saturated rings. The predicted molar refractivity (Wildman–Crippen MR) is 72.4 cm³/mol. The van der Waals surface area contributed by atoms with Crippen LogP contribution in [0.3, 0.4) is 0 Å². The van der Waals surface area contributed by atoms with Crippen molar-refractivity contribution in [2.75, 3.05) is 40.5 Å². The molecule has 5 heteroatoms. The van der Waals surface area contributed by atoms with E-state index in [9.17, 15) is 4.79 Å². The summed E-state index contributed by atoms with van der Waals surface area (Å²) in [6.45, 7) is 6.57. The monoisotopic (exact) mass is 260 g/mol. The van der Waals surface area contributed by atoms with E-state index in [2.05, 4.69) is 13.8 Å². The minimum Gasteiger partial charge on any atom is -0.385 e. The second kappa shape index (κ2) is 10.3. The van der Waals surface area contributed by atoms with Gasteiger partial charge in [0, 0.05) is 33.9 Å². The Labute approximate surface area is 111 Å². The van der Waals surface area contributed by atoms with Crippen molar-refractivity contribution in [1.82, 2.24) is 4.90 Å². The van der Waals surface area contributed by atoms with Crippen molar-refractivity contribution < 1.29 is 14.3 Å². The maximum absolute atomic E-state index is 12.2. The van der Waals surface area contributed by atoms with Gasteiger partial charge < -0.3 is 20.1 Å². The van der Waals surface area contributed by atoms with Crippen LogP contribution in [-0.2, 0) is 14.3 Å². The quantitative estimate of drug-likeness (QED) is 0.592. The van der Waals surface area contributed by atoms with Crippen LogP contribution in [0.1, 0.15) is 26.7 Å². The molecule has 0 saturated heterocycles. The molecule has 18 heavy (non-hydrogen) atoms. The average molecular weight is 260 g/mol. The summed E-state index contributed by atoms with van der Waals surface area (Å²) in [6, 6.07) is -0.413. The molecule has 0 aromatic carbocycles. The van der Waals surface area contributed by atoms with Crippen LogP contribution in [0.4, 0.5) is 0 Å². The third-order valence-corrected chi connectivity index (χ3v) is 2.70. The van der Waals surface area contributed by atoms with Crippen molar-refractivity contribution in [3.8, 4) is 0 Å². The van der Waals surface area contributed by atoms with Crippen LogP contribution in [0.2, 0.25) is 0 Å². The largest absolute Gasteiger partial charge is 0.385 e. The van der Waals surface area contributed by atoms with Gasteiger partial charge in [-0.15, -0.1) is 0 Å². The highest BCUT2D eigenvalue weighted by Crippen LogP contribution is 2.06. The number of nitrogens with two attached hydrogens (primary N) is 1. The first-order valence-corrected chi connectivity index (χ1v) is 6.55. The van der Waals surface area contributed by atoms with Crippen LogP contribution >= 0.6 is 0 Å². The van der Waals surface area contributed by atoms with Gasteiger partial charge in [-0.2, -0.15) is 0 Å². The van der Waals surface area contributed by atoms with E-state index in [1.807, 2.05) is 0 Å². The minimum atomic E-state index is -0.413. The molecule has 1 atom stereocenters. The summed E-state index contributed by atoms with van der Waals surface area (Å²) in [7, 11) is 3.29. The maximum Gasteiger partial charge on any atom is 0.239 e. The van der Waals surface area contributed by atoms with Crippen molar-refractivity contribution in [3.05, 3.63) is 0 Å². The summed E-state index contributed by atoms with van der Waals surface area (Å²) in [4.78, 5) is 14.0. The highest BCUT2D eigenvalue weighted by atomic mass is 16.5. The van der Waals surface area contributed by atoms with Gasteiger partial charge in [0.25, 0.3) is 0 Å². The van der Waals surface area contributed by atoms with Crippen molar-refractivity contribution >= 4 is 5.91 Å². The number of carbonyl (C=O) groups excluding carboxylic acids is 1. The van der Waals surface area contributed by atoms with Crippen LogP contribution in [0.25, 0.3) is 0 Å². The zero-order chi connectivity index (χ0) is 14.0. The fourth-order valence-electron chi connectivity index (χ4n) is 1.78. The molecular weight excluding hydrogens is 232 g/mol. The summed E-state index contributed by atoms with van der Waals surface area (Å²) in [5.41, 5.74) is 5.93. The molecule has 5 nitrogen and oxygen atoms in total. The molecule has 0 aliphatic carbocycles. The fraction of sp³-hybridized carbons (Fsp3) is 0.923. The van der Waals surface area contributed by atoms with Crippen molar-refractivity contribution in [3.63, 3.8) is 0 Å². The molecular formula is C13H28N2O3. The van der Waals surface area contributed by atoms with Crippen LogP contribution in [0, 0.1) is 5.92 Å². The molecule has 0 heterocycles. The lowest BCUT2D eigenvalue weighted by Crippen LogP contribution is -2.46. The molecule has 0 aromatic rings. The lowest BCUT2D eigenvalue weighted by Gasteiger charge is -2.26. The first-order valence-electron chi connectivity index (χ1n) is 6.55. The fourth-order valence-corrected chi connectivity index (χ4v) is 1.78. The lowest BCUT2D eigenvalue weighted by atomic mass is 10.0. The molecule has 0 radical (unpaired) electrons. The van der Waals surface area contributed by atoms with Gasteiger partial charge in [0.1, 0.15) is 0 Å². The molecule has 2 N–H and O–H groups in total. The lowest BCUT2D eigenvalue weighted by molar-refractivity contribution is -0.133. The summed E-state index contributed by atoms with van der Waals surface area (Å²) in [5, 5.41) is 0. The zero-order valence-corrected chi connectivity index (χ0v) is 12.1. The van der Waals surface area contributed by atoms with Gasteiger partial charge in [-0.1, -0.05) is 13.8 Å². The average Bonchev–Trinajstić information content (AvgIpc) is 2.32. The molecule has 108 valence electrons. The molecule has 0 saturated carbocycles. The van der Waals surface area contributed by atoms with E-state index < -0.39 is 6.04 Å².